The highest BCUT2D eigenvalue weighted by Gasteiger charge is 2.34. The van der Waals surface area contributed by atoms with E-state index in [2.05, 4.69) is 15.0 Å². The summed E-state index contributed by atoms with van der Waals surface area (Å²) in [5.74, 6) is -0.0831. The predicted molar refractivity (Wildman–Crippen MR) is 114 cm³/mol. The van der Waals surface area contributed by atoms with Gasteiger partial charge in [-0.2, -0.15) is 0 Å². The van der Waals surface area contributed by atoms with Gasteiger partial charge >= 0.3 is 0 Å². The molecule has 8 nitrogen and oxygen atoms in total. The molecule has 8 heteroatoms. The van der Waals surface area contributed by atoms with Crippen molar-refractivity contribution < 1.29 is 9.59 Å². The lowest BCUT2D eigenvalue weighted by molar-refractivity contribution is 0.0655. The van der Waals surface area contributed by atoms with E-state index < -0.39 is 0 Å². The van der Waals surface area contributed by atoms with E-state index in [-0.39, 0.29) is 30.3 Å². The molecule has 5 rings (SSSR count). The average molecular weight is 413 g/mol. The molecule has 0 spiro atoms. The lowest BCUT2D eigenvalue weighted by Crippen LogP contribution is -2.34. The number of nitrogens with zero attached hydrogens (tertiary/aromatic N) is 4. The van der Waals surface area contributed by atoms with Crippen LogP contribution < -0.4 is 5.56 Å². The average Bonchev–Trinajstić information content (AvgIpc) is 3.39. The molecule has 0 saturated heterocycles. The van der Waals surface area contributed by atoms with Crippen LogP contribution >= 0.6 is 0 Å². The Hall–Kier alpha value is -4.07. The summed E-state index contributed by atoms with van der Waals surface area (Å²) in [6, 6.07) is 14.0. The highest BCUT2D eigenvalue weighted by molar-refractivity contribution is 6.21. The highest BCUT2D eigenvalue weighted by atomic mass is 16.2. The Morgan fingerprint density at radius 1 is 0.839 bits per heavy atom. The fraction of sp³-hybridized carbons (Fsp3) is 0.174. The predicted octanol–water partition coefficient (Wildman–Crippen LogP) is 2.20. The normalized spacial score (nSPS) is 13.2. The van der Waals surface area contributed by atoms with Crippen LogP contribution in [0.5, 0.6) is 0 Å². The van der Waals surface area contributed by atoms with Gasteiger partial charge in [-0.25, -0.2) is 9.97 Å². The number of carbonyl (C=O) groups excluding carboxylic acids is 2. The summed E-state index contributed by atoms with van der Waals surface area (Å²) in [6.07, 6.45) is 4.19. The molecule has 2 aromatic heterocycles. The SMILES string of the molecule is O=C1c2ccccc2C(=O)N1CCc1nc2ccccc2c(=O)n1CCc1cnc[nH]1. The molecule has 31 heavy (non-hydrogen) atoms. The first-order valence-corrected chi connectivity index (χ1v) is 10.0. The van der Waals surface area contributed by atoms with Crippen molar-refractivity contribution in [1.82, 2.24) is 24.4 Å². The third kappa shape index (κ3) is 3.31. The highest BCUT2D eigenvalue weighted by Crippen LogP contribution is 2.22. The molecule has 1 N–H and O–H groups in total. The molecule has 0 atom stereocenters. The van der Waals surface area contributed by atoms with Crippen LogP contribution in [-0.2, 0) is 19.4 Å². The van der Waals surface area contributed by atoms with Crippen LogP contribution in [0.15, 0.2) is 65.8 Å². The van der Waals surface area contributed by atoms with Gasteiger partial charge in [-0.05, 0) is 24.3 Å². The van der Waals surface area contributed by atoms with Gasteiger partial charge in [-0.1, -0.05) is 24.3 Å². The number of rotatable bonds is 6. The van der Waals surface area contributed by atoms with E-state index in [1.165, 1.54) is 4.90 Å². The van der Waals surface area contributed by atoms with Crippen molar-refractivity contribution in [3.8, 4) is 0 Å². The zero-order valence-electron chi connectivity index (χ0n) is 16.6. The molecule has 0 fully saturated rings. The fourth-order valence-electron chi connectivity index (χ4n) is 3.94. The molecule has 1 aliphatic heterocycles. The topological polar surface area (TPSA) is 101 Å². The molecule has 3 heterocycles. The quantitative estimate of drug-likeness (QED) is 0.489. The number of H-pyrrole nitrogens is 1. The maximum atomic E-state index is 13.2. The maximum Gasteiger partial charge on any atom is 0.261 e. The molecule has 0 aliphatic carbocycles. The smallest absolute Gasteiger partial charge is 0.261 e. The third-order valence-electron chi connectivity index (χ3n) is 5.54. The first-order chi connectivity index (χ1) is 15.1. The Morgan fingerprint density at radius 3 is 2.26 bits per heavy atom. The Kier molecular flexibility index (Phi) is 4.66. The Labute approximate surface area is 177 Å². The van der Waals surface area contributed by atoms with Crippen LogP contribution in [0.1, 0.15) is 32.2 Å². The number of aromatic nitrogens is 4. The van der Waals surface area contributed by atoms with Crippen molar-refractivity contribution in [2.75, 3.05) is 6.54 Å². The largest absolute Gasteiger partial charge is 0.348 e. The summed E-state index contributed by atoms with van der Waals surface area (Å²) in [7, 11) is 0. The number of fused-ring (bicyclic) bond motifs is 2. The lowest BCUT2D eigenvalue weighted by atomic mass is 10.1. The van der Waals surface area contributed by atoms with Crippen LogP contribution in [0, 0.1) is 0 Å². The molecular formula is C23H19N5O3. The van der Waals surface area contributed by atoms with Crippen LogP contribution in [0.4, 0.5) is 0 Å². The van der Waals surface area contributed by atoms with Gasteiger partial charge < -0.3 is 4.98 Å². The summed E-state index contributed by atoms with van der Waals surface area (Å²) in [5.41, 5.74) is 2.20. The van der Waals surface area contributed by atoms with Crippen molar-refractivity contribution in [2.24, 2.45) is 0 Å². The van der Waals surface area contributed by atoms with E-state index in [0.29, 0.717) is 40.8 Å². The number of imide groups is 1. The van der Waals surface area contributed by atoms with E-state index in [4.69, 9.17) is 0 Å². The molecule has 2 aromatic carbocycles. The van der Waals surface area contributed by atoms with Crippen molar-refractivity contribution in [3.63, 3.8) is 0 Å². The van der Waals surface area contributed by atoms with Crippen LogP contribution in [0.2, 0.25) is 0 Å². The van der Waals surface area contributed by atoms with Crippen molar-refractivity contribution in [3.05, 3.63) is 94.1 Å². The van der Waals surface area contributed by atoms with Gasteiger partial charge in [-0.3, -0.25) is 23.9 Å². The Balaban J connectivity index is 1.46. The van der Waals surface area contributed by atoms with E-state index in [1.807, 2.05) is 12.1 Å². The van der Waals surface area contributed by atoms with E-state index in [1.54, 1.807) is 53.5 Å². The first-order valence-electron chi connectivity index (χ1n) is 10.0. The number of carbonyl (C=O) groups is 2. The zero-order valence-corrected chi connectivity index (χ0v) is 16.6. The van der Waals surface area contributed by atoms with E-state index in [9.17, 15) is 14.4 Å². The molecule has 0 saturated carbocycles. The summed E-state index contributed by atoms with van der Waals surface area (Å²) < 4.78 is 1.63. The molecular weight excluding hydrogens is 394 g/mol. The molecule has 2 amide bonds. The van der Waals surface area contributed by atoms with Crippen molar-refractivity contribution >= 4 is 22.7 Å². The molecule has 0 unspecified atom stereocenters. The van der Waals surface area contributed by atoms with Crippen LogP contribution in [0.25, 0.3) is 10.9 Å². The summed E-state index contributed by atoms with van der Waals surface area (Å²) >= 11 is 0. The number of imidazole rings is 1. The van der Waals surface area contributed by atoms with Gasteiger partial charge in [0.1, 0.15) is 5.82 Å². The van der Waals surface area contributed by atoms with Crippen molar-refractivity contribution in [1.29, 1.82) is 0 Å². The minimum absolute atomic E-state index is 0.137. The molecule has 0 bridgehead atoms. The van der Waals surface area contributed by atoms with E-state index >= 15 is 0 Å². The summed E-state index contributed by atoms with van der Waals surface area (Å²) in [4.78, 5) is 51.5. The molecule has 0 radical (unpaired) electrons. The van der Waals surface area contributed by atoms with Crippen LogP contribution in [0.3, 0.4) is 0 Å². The van der Waals surface area contributed by atoms with Gasteiger partial charge in [-0.15, -0.1) is 0 Å². The van der Waals surface area contributed by atoms with Gasteiger partial charge in [0.25, 0.3) is 17.4 Å². The second kappa shape index (κ2) is 7.64. The number of aryl methyl sites for hydroxylation is 1. The fourth-order valence-corrected chi connectivity index (χ4v) is 3.94. The molecule has 4 aromatic rings. The van der Waals surface area contributed by atoms with Crippen LogP contribution in [-0.4, -0.2) is 42.8 Å². The second-order valence-corrected chi connectivity index (χ2v) is 7.39. The number of amides is 2. The first kappa shape index (κ1) is 18.9. The third-order valence-corrected chi connectivity index (χ3v) is 5.54. The van der Waals surface area contributed by atoms with Gasteiger partial charge in [0.2, 0.25) is 0 Å². The van der Waals surface area contributed by atoms with Gasteiger partial charge in [0.15, 0.2) is 0 Å². The lowest BCUT2D eigenvalue weighted by Gasteiger charge is -2.17. The number of hydrogen-bond acceptors (Lipinski definition) is 5. The Bertz CT molecular complexity index is 1320. The van der Waals surface area contributed by atoms with Gasteiger partial charge in [0.05, 0.1) is 28.4 Å². The molecule has 154 valence electrons. The second-order valence-electron chi connectivity index (χ2n) is 7.39. The summed E-state index contributed by atoms with van der Waals surface area (Å²) in [6.45, 7) is 0.567. The number of nitrogens with one attached hydrogen (secondary N) is 1. The maximum absolute atomic E-state index is 13.2. The standard InChI is InChI=1S/C23H19N5O3/c29-21-16-5-1-2-6-17(16)22(30)28(21)12-10-20-26-19-8-4-3-7-18(19)23(31)27(20)11-9-15-13-24-14-25-15/h1-8,13-14H,9-12H2,(H,24,25). The minimum Gasteiger partial charge on any atom is -0.348 e. The van der Waals surface area contributed by atoms with E-state index in [0.717, 1.165) is 5.69 Å². The monoisotopic (exact) mass is 413 g/mol. The minimum atomic E-state index is -0.312. The number of hydrogen-bond donors (Lipinski definition) is 1. The molecule has 1 aliphatic rings. The number of aromatic amines is 1. The zero-order chi connectivity index (χ0) is 21.4. The van der Waals surface area contributed by atoms with Crippen molar-refractivity contribution in [2.45, 2.75) is 19.4 Å². The number of para-hydroxylation sites is 1. The Morgan fingerprint density at radius 2 is 1.55 bits per heavy atom. The number of benzene rings is 2. The van der Waals surface area contributed by atoms with Gasteiger partial charge in [0, 0.05) is 37.8 Å². The summed E-state index contributed by atoms with van der Waals surface area (Å²) in [5, 5.41) is 0.539.